The van der Waals surface area contributed by atoms with Crippen molar-refractivity contribution in [1.82, 2.24) is 30.8 Å². The van der Waals surface area contributed by atoms with Crippen molar-refractivity contribution in [3.8, 4) is 6.07 Å². The molecule has 1 amide bonds. The van der Waals surface area contributed by atoms with Gasteiger partial charge in [-0.15, -0.1) is 10.2 Å². The van der Waals surface area contributed by atoms with Gasteiger partial charge in [-0.05, 0) is 44.2 Å². The van der Waals surface area contributed by atoms with Crippen LogP contribution in [0.25, 0.3) is 0 Å². The Kier molecular flexibility index (Phi) is 5.48. The molecule has 3 heterocycles. The smallest absolute Gasteiger partial charge is 0.273 e. The van der Waals surface area contributed by atoms with Crippen LogP contribution in [0.5, 0.6) is 0 Å². The van der Waals surface area contributed by atoms with Crippen molar-refractivity contribution in [2.45, 2.75) is 25.3 Å². The molecule has 0 aromatic carbocycles. The van der Waals surface area contributed by atoms with Crippen molar-refractivity contribution in [2.24, 2.45) is 11.8 Å². The third kappa shape index (κ3) is 4.25. The van der Waals surface area contributed by atoms with Crippen LogP contribution in [0.15, 0.2) is 18.5 Å². The molecule has 29 heavy (non-hydrogen) atoms. The standard InChI is InChI=1S/C19H23N9O/c1-21-19(29)18-15(25-13-4-11-2-3-22-8-12(11)5-13)6-16(27-28-18)26-17-10-23-14(7-20)9-24-17/h6,9-13,22H,2-5,8H2,1H3,(H,21,29)(H2,24,25,26,27). The summed E-state index contributed by atoms with van der Waals surface area (Å²) < 4.78 is 0. The molecule has 3 unspecified atom stereocenters. The average Bonchev–Trinajstić information content (AvgIpc) is 3.16. The van der Waals surface area contributed by atoms with Crippen LogP contribution in [0.2, 0.25) is 0 Å². The highest BCUT2D eigenvalue weighted by atomic mass is 16.1. The Labute approximate surface area is 168 Å². The molecule has 4 rings (SSSR count). The van der Waals surface area contributed by atoms with E-state index >= 15 is 0 Å². The number of nitrogens with one attached hydrogen (secondary N) is 4. The minimum absolute atomic E-state index is 0.233. The fourth-order valence-electron chi connectivity index (χ4n) is 4.16. The lowest BCUT2D eigenvalue weighted by atomic mass is 9.90. The highest BCUT2D eigenvalue weighted by molar-refractivity contribution is 5.97. The van der Waals surface area contributed by atoms with Crippen molar-refractivity contribution in [3.63, 3.8) is 0 Å². The Bertz CT molecular complexity index is 910. The molecule has 2 fully saturated rings. The molecule has 0 bridgehead atoms. The van der Waals surface area contributed by atoms with E-state index < -0.39 is 0 Å². The van der Waals surface area contributed by atoms with E-state index in [1.165, 1.54) is 18.8 Å². The zero-order chi connectivity index (χ0) is 20.2. The van der Waals surface area contributed by atoms with E-state index in [9.17, 15) is 4.79 Å². The lowest BCUT2D eigenvalue weighted by Crippen LogP contribution is -2.33. The van der Waals surface area contributed by atoms with Gasteiger partial charge in [0.15, 0.2) is 17.2 Å². The SMILES string of the molecule is CNC(=O)c1nnc(Nc2cnc(C#N)cn2)cc1NC1CC2CCNCC2C1. The second kappa shape index (κ2) is 8.36. The number of nitrogens with zero attached hydrogens (tertiary/aromatic N) is 5. The van der Waals surface area contributed by atoms with Crippen molar-refractivity contribution >= 4 is 23.2 Å². The summed E-state index contributed by atoms with van der Waals surface area (Å²) in [6.45, 7) is 2.14. The molecule has 3 atom stereocenters. The predicted octanol–water partition coefficient (Wildman–Crippen LogP) is 1.04. The van der Waals surface area contributed by atoms with Crippen LogP contribution in [0.3, 0.4) is 0 Å². The molecular weight excluding hydrogens is 370 g/mol. The van der Waals surface area contributed by atoms with Gasteiger partial charge < -0.3 is 21.3 Å². The van der Waals surface area contributed by atoms with Gasteiger partial charge in [-0.1, -0.05) is 0 Å². The van der Waals surface area contributed by atoms with Gasteiger partial charge >= 0.3 is 0 Å². The number of hydrogen-bond acceptors (Lipinski definition) is 9. The van der Waals surface area contributed by atoms with Crippen molar-refractivity contribution < 1.29 is 4.79 Å². The zero-order valence-corrected chi connectivity index (χ0v) is 16.1. The maximum Gasteiger partial charge on any atom is 0.273 e. The maximum absolute atomic E-state index is 12.3. The molecule has 2 aliphatic rings. The third-order valence-electron chi connectivity index (χ3n) is 5.56. The highest BCUT2D eigenvalue weighted by Crippen LogP contribution is 2.37. The highest BCUT2D eigenvalue weighted by Gasteiger charge is 2.36. The first kappa shape index (κ1) is 19.0. The van der Waals surface area contributed by atoms with E-state index in [4.69, 9.17) is 5.26 Å². The first-order chi connectivity index (χ1) is 14.2. The lowest BCUT2D eigenvalue weighted by Gasteiger charge is -2.25. The van der Waals surface area contributed by atoms with Crippen LogP contribution >= 0.6 is 0 Å². The summed E-state index contributed by atoms with van der Waals surface area (Å²) in [7, 11) is 1.57. The van der Waals surface area contributed by atoms with E-state index in [2.05, 4.69) is 41.4 Å². The Morgan fingerprint density at radius 1 is 1.21 bits per heavy atom. The topological polar surface area (TPSA) is 141 Å². The van der Waals surface area contributed by atoms with Gasteiger partial charge in [0, 0.05) is 19.2 Å². The van der Waals surface area contributed by atoms with E-state index in [-0.39, 0.29) is 17.3 Å². The largest absolute Gasteiger partial charge is 0.380 e. The predicted molar refractivity (Wildman–Crippen MR) is 107 cm³/mol. The average molecular weight is 393 g/mol. The summed E-state index contributed by atoms with van der Waals surface area (Å²) in [5.74, 6) is 1.98. The summed E-state index contributed by atoms with van der Waals surface area (Å²) in [6.07, 6.45) is 6.18. The Balaban J connectivity index is 1.54. The van der Waals surface area contributed by atoms with E-state index in [1.54, 1.807) is 13.1 Å². The van der Waals surface area contributed by atoms with Crippen molar-refractivity contribution in [3.05, 3.63) is 29.8 Å². The van der Waals surface area contributed by atoms with Crippen LogP contribution in [0.4, 0.5) is 17.3 Å². The molecule has 10 heteroatoms. The molecule has 1 saturated carbocycles. The fourth-order valence-corrected chi connectivity index (χ4v) is 4.16. The molecule has 2 aromatic rings. The van der Waals surface area contributed by atoms with Gasteiger partial charge in [0.05, 0.1) is 18.1 Å². The van der Waals surface area contributed by atoms with Crippen LogP contribution < -0.4 is 21.3 Å². The van der Waals surface area contributed by atoms with Crippen molar-refractivity contribution in [2.75, 3.05) is 30.8 Å². The molecule has 10 nitrogen and oxygen atoms in total. The summed E-state index contributed by atoms with van der Waals surface area (Å²) in [4.78, 5) is 20.4. The van der Waals surface area contributed by atoms with Crippen LogP contribution in [-0.2, 0) is 0 Å². The number of rotatable bonds is 5. The fraction of sp³-hybridized carbons (Fsp3) is 0.474. The molecular formula is C19H23N9O. The molecule has 1 saturated heterocycles. The number of carbonyl (C=O) groups is 1. The van der Waals surface area contributed by atoms with Crippen LogP contribution in [-0.4, -0.2) is 52.3 Å². The molecule has 4 N–H and O–H groups in total. The van der Waals surface area contributed by atoms with E-state index in [0.29, 0.717) is 29.3 Å². The van der Waals surface area contributed by atoms with Gasteiger partial charge in [-0.25, -0.2) is 9.97 Å². The summed E-state index contributed by atoms with van der Waals surface area (Å²) in [5.41, 5.74) is 1.13. The van der Waals surface area contributed by atoms with Crippen LogP contribution in [0.1, 0.15) is 35.4 Å². The monoisotopic (exact) mass is 393 g/mol. The second-order valence-electron chi connectivity index (χ2n) is 7.42. The van der Waals surface area contributed by atoms with Gasteiger partial charge in [-0.3, -0.25) is 4.79 Å². The third-order valence-corrected chi connectivity index (χ3v) is 5.56. The number of hydrogen-bond donors (Lipinski definition) is 4. The van der Waals surface area contributed by atoms with Crippen LogP contribution in [0, 0.1) is 23.2 Å². The second-order valence-corrected chi connectivity index (χ2v) is 7.42. The lowest BCUT2D eigenvalue weighted by molar-refractivity contribution is 0.0958. The number of nitriles is 1. The van der Waals surface area contributed by atoms with Crippen molar-refractivity contribution in [1.29, 1.82) is 5.26 Å². The number of aromatic nitrogens is 4. The number of fused-ring (bicyclic) bond motifs is 1. The zero-order valence-electron chi connectivity index (χ0n) is 16.1. The number of piperidine rings is 1. The van der Waals surface area contributed by atoms with Gasteiger partial charge in [0.2, 0.25) is 0 Å². The number of amides is 1. The van der Waals surface area contributed by atoms with Gasteiger partial charge in [-0.2, -0.15) is 5.26 Å². The maximum atomic E-state index is 12.3. The molecule has 150 valence electrons. The van der Waals surface area contributed by atoms with E-state index in [0.717, 1.165) is 31.8 Å². The Morgan fingerprint density at radius 3 is 2.79 bits per heavy atom. The first-order valence-corrected chi connectivity index (χ1v) is 9.72. The Hall–Kier alpha value is -3.32. The minimum atomic E-state index is -0.290. The molecule has 1 aliphatic carbocycles. The number of anilines is 3. The first-order valence-electron chi connectivity index (χ1n) is 9.72. The molecule has 1 aliphatic heterocycles. The normalized spacial score (nSPS) is 23.0. The quantitative estimate of drug-likeness (QED) is 0.586. The minimum Gasteiger partial charge on any atom is -0.380 e. The summed E-state index contributed by atoms with van der Waals surface area (Å²) in [5, 5.41) is 29.6. The van der Waals surface area contributed by atoms with E-state index in [1.807, 2.05) is 6.07 Å². The molecule has 2 aromatic heterocycles. The van der Waals surface area contributed by atoms with Gasteiger partial charge in [0.1, 0.15) is 11.9 Å². The summed E-state index contributed by atoms with van der Waals surface area (Å²) >= 11 is 0. The Morgan fingerprint density at radius 2 is 2.07 bits per heavy atom. The summed E-state index contributed by atoms with van der Waals surface area (Å²) in [6, 6.07) is 3.98. The molecule has 0 radical (unpaired) electrons. The van der Waals surface area contributed by atoms with Gasteiger partial charge in [0.25, 0.3) is 5.91 Å². The molecule has 0 spiro atoms. The number of carbonyl (C=O) groups excluding carboxylic acids is 1.